The topological polar surface area (TPSA) is 61.9 Å². The van der Waals surface area contributed by atoms with Gasteiger partial charge < -0.3 is 15.0 Å². The van der Waals surface area contributed by atoms with E-state index in [9.17, 15) is 9.59 Å². The normalized spacial score (nSPS) is 15.5. The van der Waals surface area contributed by atoms with Gasteiger partial charge in [0.15, 0.2) is 0 Å². The molecule has 0 radical (unpaired) electrons. The molecule has 1 saturated heterocycles. The summed E-state index contributed by atoms with van der Waals surface area (Å²) in [6.07, 6.45) is 2.70. The molecule has 0 aliphatic carbocycles. The van der Waals surface area contributed by atoms with Gasteiger partial charge in [0.1, 0.15) is 0 Å². The summed E-state index contributed by atoms with van der Waals surface area (Å²) in [6.45, 7) is 4.78. The number of carbonyl (C=O) groups excluding carboxylic acids is 2. The molecule has 1 N–H and O–H groups in total. The van der Waals surface area contributed by atoms with E-state index in [2.05, 4.69) is 39.4 Å². The number of esters is 1. The van der Waals surface area contributed by atoms with Gasteiger partial charge in [-0.05, 0) is 50.6 Å². The van der Waals surface area contributed by atoms with E-state index in [4.69, 9.17) is 4.74 Å². The molecule has 1 aliphatic heterocycles. The second kappa shape index (κ2) is 10.2. The van der Waals surface area contributed by atoms with Crippen molar-refractivity contribution < 1.29 is 14.3 Å². The summed E-state index contributed by atoms with van der Waals surface area (Å²) in [5, 5.41) is 2.99. The van der Waals surface area contributed by atoms with Crippen molar-refractivity contribution in [3.8, 4) is 0 Å². The van der Waals surface area contributed by atoms with E-state index in [1.54, 1.807) is 6.92 Å². The molecule has 1 atom stereocenters. The van der Waals surface area contributed by atoms with Crippen LogP contribution in [0.2, 0.25) is 0 Å². The van der Waals surface area contributed by atoms with Gasteiger partial charge in [-0.3, -0.25) is 14.5 Å². The van der Waals surface area contributed by atoms with E-state index < -0.39 is 0 Å². The first-order chi connectivity index (χ1) is 12.5. The first kappa shape index (κ1) is 20.2. The number of nitrogens with zero attached hydrogens (tertiary/aromatic N) is 2. The zero-order chi connectivity index (χ0) is 18.9. The monoisotopic (exact) mass is 361 g/mol. The lowest BCUT2D eigenvalue weighted by Gasteiger charge is -2.28. The summed E-state index contributed by atoms with van der Waals surface area (Å²) >= 11 is 0. The Morgan fingerprint density at radius 1 is 1.15 bits per heavy atom. The summed E-state index contributed by atoms with van der Waals surface area (Å²) in [5.41, 5.74) is 2.37. The van der Waals surface area contributed by atoms with Crippen molar-refractivity contribution in [2.75, 3.05) is 45.2 Å². The molecule has 6 nitrogen and oxygen atoms in total. The molecule has 1 aromatic rings. The minimum absolute atomic E-state index is 0.104. The third kappa shape index (κ3) is 6.02. The van der Waals surface area contributed by atoms with E-state index in [1.165, 1.54) is 18.4 Å². The van der Waals surface area contributed by atoms with Crippen molar-refractivity contribution in [2.24, 2.45) is 0 Å². The van der Waals surface area contributed by atoms with Gasteiger partial charge in [0.05, 0.1) is 19.1 Å². The van der Waals surface area contributed by atoms with Gasteiger partial charge in [0.25, 0.3) is 0 Å². The fourth-order valence-electron chi connectivity index (χ4n) is 3.25. The number of anilines is 1. The molecule has 1 aliphatic rings. The Bertz CT molecular complexity index is 580. The van der Waals surface area contributed by atoms with Crippen LogP contribution < -0.4 is 10.2 Å². The van der Waals surface area contributed by atoms with Crippen molar-refractivity contribution in [3.63, 3.8) is 0 Å². The Kier molecular flexibility index (Phi) is 7.91. The predicted octanol–water partition coefficient (Wildman–Crippen LogP) is 2.35. The van der Waals surface area contributed by atoms with Crippen LogP contribution in [0.1, 0.15) is 44.2 Å². The van der Waals surface area contributed by atoms with Crippen LogP contribution in [0, 0.1) is 0 Å². The van der Waals surface area contributed by atoms with Crippen LogP contribution in [0.3, 0.4) is 0 Å². The Balaban J connectivity index is 1.95. The lowest BCUT2D eigenvalue weighted by molar-refractivity contribution is -0.144. The minimum atomic E-state index is -0.321. The Hall–Kier alpha value is -2.08. The third-order valence-corrected chi connectivity index (χ3v) is 4.73. The van der Waals surface area contributed by atoms with Gasteiger partial charge in [-0.1, -0.05) is 12.1 Å². The fourth-order valence-corrected chi connectivity index (χ4v) is 3.25. The van der Waals surface area contributed by atoms with Gasteiger partial charge >= 0.3 is 5.97 Å². The molecule has 0 bridgehead atoms. The maximum atomic E-state index is 12.1. The van der Waals surface area contributed by atoms with Gasteiger partial charge in [0.2, 0.25) is 5.91 Å². The SMILES string of the molecule is CCOC(=O)CCC(=O)NC[C@H](c1ccc(N(C)C)cc1)N1CCCC1. The van der Waals surface area contributed by atoms with E-state index >= 15 is 0 Å². The van der Waals surface area contributed by atoms with Crippen molar-refractivity contribution >= 4 is 17.6 Å². The van der Waals surface area contributed by atoms with Crippen molar-refractivity contribution in [1.29, 1.82) is 0 Å². The molecule has 0 spiro atoms. The van der Waals surface area contributed by atoms with E-state index in [0.717, 1.165) is 18.8 Å². The number of benzene rings is 1. The molecule has 1 fully saturated rings. The highest BCUT2D eigenvalue weighted by Crippen LogP contribution is 2.26. The number of likely N-dealkylation sites (tertiary alicyclic amines) is 1. The zero-order valence-electron chi connectivity index (χ0n) is 16.2. The molecule has 2 rings (SSSR count). The summed E-state index contributed by atoms with van der Waals surface area (Å²) in [7, 11) is 4.05. The lowest BCUT2D eigenvalue weighted by atomic mass is 10.0. The number of hydrogen-bond donors (Lipinski definition) is 1. The van der Waals surface area contributed by atoms with E-state index in [0.29, 0.717) is 13.2 Å². The zero-order valence-corrected chi connectivity index (χ0v) is 16.2. The number of carbonyl (C=O) groups is 2. The van der Waals surface area contributed by atoms with Crippen LogP contribution in [0.5, 0.6) is 0 Å². The summed E-state index contributed by atoms with van der Waals surface area (Å²) in [5.74, 6) is -0.426. The Morgan fingerprint density at radius 3 is 2.38 bits per heavy atom. The molecule has 1 amide bonds. The highest BCUT2D eigenvalue weighted by atomic mass is 16.5. The largest absolute Gasteiger partial charge is 0.466 e. The van der Waals surface area contributed by atoms with Crippen LogP contribution in [-0.4, -0.2) is 57.1 Å². The molecule has 1 aromatic carbocycles. The van der Waals surface area contributed by atoms with Crippen LogP contribution >= 0.6 is 0 Å². The van der Waals surface area contributed by atoms with Gasteiger partial charge in [-0.25, -0.2) is 0 Å². The average molecular weight is 361 g/mol. The number of nitrogens with one attached hydrogen (secondary N) is 1. The van der Waals surface area contributed by atoms with Crippen LogP contribution in [0.25, 0.3) is 0 Å². The Morgan fingerprint density at radius 2 is 1.81 bits per heavy atom. The maximum Gasteiger partial charge on any atom is 0.306 e. The van der Waals surface area contributed by atoms with Crippen LogP contribution in [0.15, 0.2) is 24.3 Å². The van der Waals surface area contributed by atoms with Crippen LogP contribution in [-0.2, 0) is 14.3 Å². The third-order valence-electron chi connectivity index (χ3n) is 4.73. The van der Waals surface area contributed by atoms with Crippen molar-refractivity contribution in [3.05, 3.63) is 29.8 Å². The second-order valence-electron chi connectivity index (χ2n) is 6.85. The molecule has 144 valence electrons. The molecule has 0 aromatic heterocycles. The second-order valence-corrected chi connectivity index (χ2v) is 6.85. The first-order valence-corrected chi connectivity index (χ1v) is 9.45. The van der Waals surface area contributed by atoms with Gasteiger partial charge in [0, 0.05) is 32.7 Å². The smallest absolute Gasteiger partial charge is 0.306 e. The molecule has 26 heavy (non-hydrogen) atoms. The standard InChI is InChI=1S/C20H31N3O3/c1-4-26-20(25)12-11-19(24)21-15-18(23-13-5-6-14-23)16-7-9-17(10-8-16)22(2)3/h7-10,18H,4-6,11-15H2,1-3H3,(H,21,24)/t18-/m1/s1. The predicted molar refractivity (Wildman–Crippen MR) is 103 cm³/mol. The van der Waals surface area contributed by atoms with Crippen molar-refractivity contribution in [1.82, 2.24) is 10.2 Å². The summed E-state index contributed by atoms with van der Waals surface area (Å²) in [4.78, 5) is 28.0. The van der Waals surface area contributed by atoms with Crippen LogP contribution in [0.4, 0.5) is 5.69 Å². The quantitative estimate of drug-likeness (QED) is 0.684. The number of hydrogen-bond acceptors (Lipinski definition) is 5. The van der Waals surface area contributed by atoms with E-state index in [1.807, 2.05) is 14.1 Å². The van der Waals surface area contributed by atoms with Gasteiger partial charge in [-0.2, -0.15) is 0 Å². The average Bonchev–Trinajstić information content (AvgIpc) is 3.15. The first-order valence-electron chi connectivity index (χ1n) is 9.45. The molecular weight excluding hydrogens is 330 g/mol. The number of rotatable bonds is 9. The highest BCUT2D eigenvalue weighted by Gasteiger charge is 2.24. The number of amides is 1. The molecular formula is C20H31N3O3. The van der Waals surface area contributed by atoms with Gasteiger partial charge in [-0.15, -0.1) is 0 Å². The molecule has 1 heterocycles. The minimum Gasteiger partial charge on any atom is -0.466 e. The highest BCUT2D eigenvalue weighted by molar-refractivity contribution is 5.81. The lowest BCUT2D eigenvalue weighted by Crippen LogP contribution is -2.37. The maximum absolute atomic E-state index is 12.1. The summed E-state index contributed by atoms with van der Waals surface area (Å²) < 4.78 is 4.87. The number of ether oxygens (including phenoxy) is 1. The van der Waals surface area contributed by atoms with E-state index in [-0.39, 0.29) is 30.8 Å². The van der Waals surface area contributed by atoms with Crippen molar-refractivity contribution in [2.45, 2.75) is 38.6 Å². The molecule has 6 heteroatoms. The fraction of sp³-hybridized carbons (Fsp3) is 0.600. The molecule has 0 unspecified atom stereocenters. The summed E-state index contributed by atoms with van der Waals surface area (Å²) in [6, 6.07) is 8.67. The Labute approximate surface area is 156 Å². The molecule has 0 saturated carbocycles.